The van der Waals surface area contributed by atoms with E-state index in [1.807, 2.05) is 54.6 Å². The third-order valence-electron chi connectivity index (χ3n) is 5.25. The lowest BCUT2D eigenvalue weighted by atomic mass is 10.0. The quantitative estimate of drug-likeness (QED) is 0.281. The van der Waals surface area contributed by atoms with E-state index in [0.717, 1.165) is 26.9 Å². The Labute approximate surface area is 215 Å². The monoisotopic (exact) mass is 560 g/mol. The number of nitrogens with zero attached hydrogens (tertiary/aromatic N) is 2. The van der Waals surface area contributed by atoms with Crippen molar-refractivity contribution in [2.24, 2.45) is 0 Å². The summed E-state index contributed by atoms with van der Waals surface area (Å²) in [6, 6.07) is 19.7. The van der Waals surface area contributed by atoms with Gasteiger partial charge in [0.15, 0.2) is 11.8 Å². The number of halogens is 3. The van der Waals surface area contributed by atoms with Gasteiger partial charge in [0.1, 0.15) is 5.69 Å². The number of hydrogen-bond acceptors (Lipinski definition) is 5. The number of imidazole rings is 1. The van der Waals surface area contributed by atoms with Crippen molar-refractivity contribution < 1.29 is 14.7 Å². The summed E-state index contributed by atoms with van der Waals surface area (Å²) in [6.45, 7) is 0.319. The van der Waals surface area contributed by atoms with E-state index in [2.05, 4.69) is 31.2 Å². The van der Waals surface area contributed by atoms with E-state index in [0.29, 0.717) is 23.0 Å². The molecule has 174 valence electrons. The van der Waals surface area contributed by atoms with E-state index in [4.69, 9.17) is 21.5 Å². The highest BCUT2D eigenvalue weighted by molar-refractivity contribution is 9.10. The van der Waals surface area contributed by atoms with Crippen LogP contribution in [0, 0.1) is 0 Å². The summed E-state index contributed by atoms with van der Waals surface area (Å²) >= 11 is 9.62. The number of para-hydroxylation sites is 1. The number of anilines is 1. The topological polar surface area (TPSA) is 79.5 Å². The smallest absolute Gasteiger partial charge is 0.250 e. The van der Waals surface area contributed by atoms with Crippen LogP contribution in [0.5, 0.6) is 5.75 Å². The van der Waals surface area contributed by atoms with Gasteiger partial charge >= 0.3 is 0 Å². The van der Waals surface area contributed by atoms with Crippen LogP contribution in [-0.4, -0.2) is 15.9 Å². The molecule has 1 aliphatic rings. The molecule has 34 heavy (non-hydrogen) atoms. The fourth-order valence-electron chi connectivity index (χ4n) is 3.65. The molecule has 4 aromatic rings. The van der Waals surface area contributed by atoms with Gasteiger partial charge < -0.3 is 15.2 Å². The number of hydrogen-bond donors (Lipinski definition) is 2. The fourth-order valence-corrected chi connectivity index (χ4v) is 4.39. The summed E-state index contributed by atoms with van der Waals surface area (Å²) in [7, 11) is 0. The van der Waals surface area contributed by atoms with Crippen molar-refractivity contribution >= 4 is 51.5 Å². The zero-order chi connectivity index (χ0) is 22.8. The fraction of sp³-hybridized carbons (Fsp3) is 0.0833. The van der Waals surface area contributed by atoms with E-state index < -0.39 is 6.04 Å². The van der Waals surface area contributed by atoms with Gasteiger partial charge in [-0.3, -0.25) is 4.79 Å². The van der Waals surface area contributed by atoms with E-state index in [9.17, 15) is 4.79 Å². The number of H-pyrrole nitrogens is 1. The number of aromatic nitrogens is 2. The Morgan fingerprint density at radius 2 is 1.94 bits per heavy atom. The molecule has 1 amide bonds. The van der Waals surface area contributed by atoms with Gasteiger partial charge in [0.2, 0.25) is 5.91 Å². The van der Waals surface area contributed by atoms with E-state index in [1.54, 1.807) is 24.7 Å². The number of carbonyl (C=O) groups is 1. The molecule has 0 saturated carbocycles. The molecule has 7 nitrogen and oxygen atoms in total. The molecule has 1 aliphatic heterocycles. The van der Waals surface area contributed by atoms with E-state index in [1.165, 1.54) is 5.06 Å². The number of hydroxylamine groups is 1. The maximum absolute atomic E-state index is 13.5. The van der Waals surface area contributed by atoms with Gasteiger partial charge in [-0.15, -0.1) is 12.4 Å². The lowest BCUT2D eigenvalue weighted by molar-refractivity contribution is -0.206. The first kappa shape index (κ1) is 24.1. The first-order valence-corrected chi connectivity index (χ1v) is 11.3. The van der Waals surface area contributed by atoms with Crippen LogP contribution in [0.3, 0.4) is 0 Å². The van der Waals surface area contributed by atoms with Gasteiger partial charge in [-0.25, -0.2) is 4.98 Å². The van der Waals surface area contributed by atoms with Gasteiger partial charge in [-0.2, -0.15) is 5.06 Å². The largest absolute Gasteiger partial charge is 0.350 e. The van der Waals surface area contributed by atoms with Crippen LogP contribution >= 0.6 is 39.9 Å². The number of rotatable bonds is 6. The van der Waals surface area contributed by atoms with Crippen LogP contribution in [0.4, 0.5) is 5.69 Å². The number of amides is 1. The van der Waals surface area contributed by atoms with Gasteiger partial charge in [-0.1, -0.05) is 59.1 Å². The van der Waals surface area contributed by atoms with Crippen molar-refractivity contribution in [1.29, 1.82) is 0 Å². The highest BCUT2D eigenvalue weighted by Gasteiger charge is 2.37. The molecule has 1 unspecified atom stereocenters. The summed E-state index contributed by atoms with van der Waals surface area (Å²) < 4.78 is 0.749. The summed E-state index contributed by atoms with van der Waals surface area (Å²) in [5.74, 6) is 0.266. The SMILES string of the molecule is Cl.O=C(NCc1cccc(Cl)c1)C(c1ccc(-c2cnc[nH]2)cc1)N1OOc2cccc(Br)c21. The van der Waals surface area contributed by atoms with Crippen LogP contribution in [0.1, 0.15) is 17.2 Å². The number of fused-ring (bicyclic) bond motifs is 1. The predicted molar refractivity (Wildman–Crippen MR) is 136 cm³/mol. The van der Waals surface area contributed by atoms with Crippen molar-refractivity contribution in [1.82, 2.24) is 15.3 Å². The summed E-state index contributed by atoms with van der Waals surface area (Å²) in [6.07, 6.45) is 3.37. The second-order valence-corrected chi connectivity index (χ2v) is 8.70. The number of nitrogens with one attached hydrogen (secondary N) is 2. The van der Waals surface area contributed by atoms with E-state index >= 15 is 0 Å². The Morgan fingerprint density at radius 1 is 1.15 bits per heavy atom. The first-order chi connectivity index (χ1) is 16.1. The second-order valence-electron chi connectivity index (χ2n) is 7.41. The first-order valence-electron chi connectivity index (χ1n) is 10.1. The average molecular weight is 562 g/mol. The predicted octanol–water partition coefficient (Wildman–Crippen LogP) is 6.02. The molecule has 0 radical (unpaired) electrons. The Bertz CT molecular complexity index is 1290. The third-order valence-corrected chi connectivity index (χ3v) is 6.13. The van der Waals surface area contributed by atoms with Crippen LogP contribution < -0.4 is 15.3 Å². The Hall–Kier alpha value is -3.04. The zero-order valence-electron chi connectivity index (χ0n) is 17.6. The minimum absolute atomic E-state index is 0. The summed E-state index contributed by atoms with van der Waals surface area (Å²) in [5, 5.41) is 5.07. The van der Waals surface area contributed by atoms with Gasteiger partial charge in [-0.05, 0) is 56.9 Å². The van der Waals surface area contributed by atoms with Crippen LogP contribution in [0.25, 0.3) is 11.3 Å². The lowest BCUT2D eigenvalue weighted by Gasteiger charge is -2.26. The number of carbonyl (C=O) groups excluding carboxylic acids is 1. The molecular weight excluding hydrogens is 543 g/mol. The van der Waals surface area contributed by atoms with Gasteiger partial charge in [0.05, 0.1) is 18.2 Å². The summed E-state index contributed by atoms with van der Waals surface area (Å²) in [4.78, 5) is 31.5. The van der Waals surface area contributed by atoms with Gasteiger partial charge in [0.25, 0.3) is 0 Å². The molecule has 0 fully saturated rings. The average Bonchev–Trinajstić information content (AvgIpc) is 3.50. The molecular formula is C24H19BrCl2N4O3. The summed E-state index contributed by atoms with van der Waals surface area (Å²) in [5.41, 5.74) is 4.10. The van der Waals surface area contributed by atoms with Crippen LogP contribution in [-0.2, 0) is 16.3 Å². The molecule has 10 heteroatoms. The molecule has 3 aromatic carbocycles. The maximum Gasteiger partial charge on any atom is 0.250 e. The minimum Gasteiger partial charge on any atom is -0.350 e. The van der Waals surface area contributed by atoms with Crippen LogP contribution in [0.2, 0.25) is 5.02 Å². The van der Waals surface area contributed by atoms with Gasteiger partial charge in [0, 0.05) is 16.0 Å². The molecule has 0 spiro atoms. The minimum atomic E-state index is -0.806. The Morgan fingerprint density at radius 3 is 2.68 bits per heavy atom. The van der Waals surface area contributed by atoms with E-state index in [-0.39, 0.29) is 18.3 Å². The highest BCUT2D eigenvalue weighted by atomic mass is 79.9. The maximum atomic E-state index is 13.5. The third kappa shape index (κ3) is 4.90. The molecule has 1 aromatic heterocycles. The van der Waals surface area contributed by atoms with Crippen LogP contribution in [0.15, 0.2) is 83.7 Å². The second kappa shape index (κ2) is 10.5. The lowest BCUT2D eigenvalue weighted by Crippen LogP contribution is -2.39. The Balaban J connectivity index is 0.00000274. The molecule has 5 rings (SSSR count). The normalized spacial score (nSPS) is 12.9. The standard InChI is InChI=1S/C24H18BrClN4O3.ClH/c25-19-5-2-6-21-23(19)30(33-32-21)22(24(31)28-12-15-3-1-4-18(26)11-15)17-9-7-16(8-10-17)20-13-27-14-29-20;/h1-11,13-14,22H,12H2,(H,27,29)(H,28,31);1H. The van der Waals surface area contributed by atoms with Crippen molar-refractivity contribution in [2.45, 2.75) is 12.6 Å². The molecule has 0 saturated heterocycles. The zero-order valence-corrected chi connectivity index (χ0v) is 20.7. The molecule has 2 N–H and O–H groups in total. The van der Waals surface area contributed by atoms with Crippen molar-refractivity contribution in [3.05, 3.63) is 99.9 Å². The molecule has 1 atom stereocenters. The molecule has 0 bridgehead atoms. The molecule has 0 aliphatic carbocycles. The number of aromatic amines is 1. The van der Waals surface area contributed by atoms with Crippen molar-refractivity contribution in [3.8, 4) is 17.0 Å². The van der Waals surface area contributed by atoms with Crippen molar-refractivity contribution in [2.75, 3.05) is 5.06 Å². The Kier molecular flexibility index (Phi) is 7.43. The molecule has 2 heterocycles. The van der Waals surface area contributed by atoms with Crippen molar-refractivity contribution in [3.63, 3.8) is 0 Å². The highest BCUT2D eigenvalue weighted by Crippen LogP contribution is 2.45. The number of benzene rings is 3.